The third kappa shape index (κ3) is 1.30. The maximum absolute atomic E-state index is 10.8. The lowest BCUT2D eigenvalue weighted by atomic mass is 9.92. The van der Waals surface area contributed by atoms with Crippen LogP contribution in [0.25, 0.3) is 0 Å². The quantitative estimate of drug-likeness (QED) is 0.538. The van der Waals surface area contributed by atoms with Gasteiger partial charge in [-0.1, -0.05) is 12.8 Å². The highest BCUT2D eigenvalue weighted by Gasteiger charge is 2.31. The molecule has 2 aliphatic rings. The zero-order chi connectivity index (χ0) is 7.68. The van der Waals surface area contributed by atoms with E-state index in [2.05, 4.69) is 10.8 Å². The van der Waals surface area contributed by atoms with E-state index in [1.165, 1.54) is 12.8 Å². The van der Waals surface area contributed by atoms with Gasteiger partial charge in [0.05, 0.1) is 6.04 Å². The van der Waals surface area contributed by atoms with Crippen molar-refractivity contribution >= 4 is 6.03 Å². The molecule has 0 aromatic rings. The number of hydrogen-bond acceptors (Lipinski definition) is 2. The lowest BCUT2D eigenvalue weighted by Crippen LogP contribution is -2.57. The van der Waals surface area contributed by atoms with Crippen LogP contribution in [0.3, 0.4) is 0 Å². The van der Waals surface area contributed by atoms with Gasteiger partial charge in [0.1, 0.15) is 6.10 Å². The van der Waals surface area contributed by atoms with Crippen molar-refractivity contribution in [3.05, 3.63) is 0 Å². The maximum atomic E-state index is 10.8. The van der Waals surface area contributed by atoms with Crippen LogP contribution in [0.4, 0.5) is 4.79 Å². The first-order chi connectivity index (χ1) is 5.36. The number of hydrogen-bond donors (Lipinski definition) is 2. The Labute approximate surface area is 65.2 Å². The van der Waals surface area contributed by atoms with Crippen LogP contribution in [0.2, 0.25) is 0 Å². The molecule has 0 aromatic heterocycles. The molecule has 2 fully saturated rings. The number of hydroxylamine groups is 1. The van der Waals surface area contributed by atoms with Crippen LogP contribution in [-0.4, -0.2) is 18.2 Å². The molecular weight excluding hydrogens is 144 g/mol. The molecular formula is C7H12N2O2. The van der Waals surface area contributed by atoms with Crippen LogP contribution in [0.1, 0.15) is 25.7 Å². The van der Waals surface area contributed by atoms with E-state index in [4.69, 9.17) is 4.84 Å². The summed E-state index contributed by atoms with van der Waals surface area (Å²) in [5, 5.41) is 2.84. The molecule has 1 saturated heterocycles. The largest absolute Gasteiger partial charge is 0.339 e. The van der Waals surface area contributed by atoms with Gasteiger partial charge in [-0.2, -0.15) is 0 Å². The average Bonchev–Trinajstić information content (AvgIpc) is 2.04. The van der Waals surface area contributed by atoms with E-state index < -0.39 is 0 Å². The van der Waals surface area contributed by atoms with E-state index in [-0.39, 0.29) is 18.2 Å². The van der Waals surface area contributed by atoms with E-state index in [1.54, 1.807) is 0 Å². The van der Waals surface area contributed by atoms with Crippen LogP contribution in [0.15, 0.2) is 0 Å². The van der Waals surface area contributed by atoms with Crippen molar-refractivity contribution in [1.82, 2.24) is 10.8 Å². The molecule has 1 saturated carbocycles. The van der Waals surface area contributed by atoms with E-state index in [1.807, 2.05) is 0 Å². The molecule has 0 spiro atoms. The molecule has 1 heterocycles. The van der Waals surface area contributed by atoms with Gasteiger partial charge in [0.25, 0.3) is 0 Å². The summed E-state index contributed by atoms with van der Waals surface area (Å²) in [7, 11) is 0. The van der Waals surface area contributed by atoms with Crippen molar-refractivity contribution in [2.45, 2.75) is 37.8 Å². The summed E-state index contributed by atoms with van der Waals surface area (Å²) >= 11 is 0. The zero-order valence-electron chi connectivity index (χ0n) is 6.30. The SMILES string of the molecule is O=C1NOC2CCCCC2N1. The van der Waals surface area contributed by atoms with Crippen molar-refractivity contribution in [1.29, 1.82) is 0 Å². The zero-order valence-corrected chi connectivity index (χ0v) is 6.30. The Morgan fingerprint density at radius 1 is 1.36 bits per heavy atom. The molecule has 0 bridgehead atoms. The summed E-state index contributed by atoms with van der Waals surface area (Å²) in [5.74, 6) is 0. The third-order valence-corrected chi connectivity index (χ3v) is 2.32. The minimum atomic E-state index is -0.201. The van der Waals surface area contributed by atoms with Gasteiger partial charge in [0.15, 0.2) is 0 Å². The Morgan fingerprint density at radius 2 is 2.18 bits per heavy atom. The van der Waals surface area contributed by atoms with Gasteiger partial charge in [-0.25, -0.2) is 10.3 Å². The molecule has 2 amide bonds. The van der Waals surface area contributed by atoms with Crippen molar-refractivity contribution in [2.24, 2.45) is 0 Å². The van der Waals surface area contributed by atoms with Gasteiger partial charge >= 0.3 is 6.03 Å². The van der Waals surface area contributed by atoms with Gasteiger partial charge < -0.3 is 5.32 Å². The molecule has 4 nitrogen and oxygen atoms in total. The minimum Gasteiger partial charge on any atom is -0.331 e. The molecule has 1 aliphatic carbocycles. The number of rotatable bonds is 0. The van der Waals surface area contributed by atoms with E-state index in [0.717, 1.165) is 12.8 Å². The summed E-state index contributed by atoms with van der Waals surface area (Å²) in [6.45, 7) is 0. The topological polar surface area (TPSA) is 50.4 Å². The van der Waals surface area contributed by atoms with E-state index >= 15 is 0 Å². The first kappa shape index (κ1) is 6.91. The smallest absolute Gasteiger partial charge is 0.331 e. The van der Waals surface area contributed by atoms with Crippen LogP contribution in [-0.2, 0) is 4.84 Å². The fourth-order valence-corrected chi connectivity index (χ4v) is 1.73. The molecule has 2 unspecified atom stereocenters. The molecule has 0 radical (unpaired) electrons. The van der Waals surface area contributed by atoms with Crippen molar-refractivity contribution < 1.29 is 9.63 Å². The van der Waals surface area contributed by atoms with Crippen molar-refractivity contribution in [3.8, 4) is 0 Å². The Morgan fingerprint density at radius 3 is 3.09 bits per heavy atom. The summed E-state index contributed by atoms with van der Waals surface area (Å²) in [5.41, 5.74) is 2.33. The summed E-state index contributed by atoms with van der Waals surface area (Å²) in [6.07, 6.45) is 4.71. The number of fused-ring (bicyclic) bond motifs is 1. The van der Waals surface area contributed by atoms with Crippen molar-refractivity contribution in [2.75, 3.05) is 0 Å². The number of carbonyl (C=O) groups is 1. The molecule has 1 aliphatic heterocycles. The Bertz CT molecular complexity index is 172. The van der Waals surface area contributed by atoms with Crippen molar-refractivity contribution in [3.63, 3.8) is 0 Å². The predicted octanol–water partition coefficient (Wildman–Crippen LogP) is 0.542. The van der Waals surface area contributed by atoms with E-state index in [0.29, 0.717) is 0 Å². The molecule has 11 heavy (non-hydrogen) atoms. The lowest BCUT2D eigenvalue weighted by molar-refractivity contribution is -0.0596. The molecule has 2 N–H and O–H groups in total. The second-order valence-electron chi connectivity index (χ2n) is 3.12. The first-order valence-electron chi connectivity index (χ1n) is 4.08. The second kappa shape index (κ2) is 2.70. The molecule has 2 rings (SSSR count). The minimum absolute atomic E-state index is 0.196. The lowest BCUT2D eigenvalue weighted by Gasteiger charge is -2.35. The standard InChI is InChI=1S/C7H12N2O2/c10-7-8-5-3-1-2-4-6(5)11-9-7/h5-6H,1-4H2,(H2,8,9,10). The normalized spacial score (nSPS) is 36.9. The van der Waals surface area contributed by atoms with Crippen LogP contribution in [0, 0.1) is 0 Å². The van der Waals surface area contributed by atoms with Crippen LogP contribution < -0.4 is 10.8 Å². The number of urea groups is 1. The monoisotopic (exact) mass is 156 g/mol. The predicted molar refractivity (Wildman–Crippen MR) is 38.8 cm³/mol. The highest BCUT2D eigenvalue weighted by Crippen LogP contribution is 2.21. The second-order valence-corrected chi connectivity index (χ2v) is 3.12. The molecule has 2 atom stereocenters. The highest BCUT2D eigenvalue weighted by molar-refractivity contribution is 5.73. The van der Waals surface area contributed by atoms with Crippen LogP contribution >= 0.6 is 0 Å². The number of nitrogens with one attached hydrogen (secondary N) is 2. The number of carbonyl (C=O) groups excluding carboxylic acids is 1. The maximum Gasteiger partial charge on any atom is 0.339 e. The first-order valence-corrected chi connectivity index (χ1v) is 4.08. The highest BCUT2D eigenvalue weighted by atomic mass is 16.7. The summed E-state index contributed by atoms with van der Waals surface area (Å²) in [4.78, 5) is 15.9. The fourth-order valence-electron chi connectivity index (χ4n) is 1.73. The van der Waals surface area contributed by atoms with Gasteiger partial charge in [-0.3, -0.25) is 4.84 Å². The fraction of sp³-hybridized carbons (Fsp3) is 0.857. The molecule has 4 heteroatoms. The van der Waals surface area contributed by atoms with Gasteiger partial charge in [-0.15, -0.1) is 0 Å². The summed E-state index contributed by atoms with van der Waals surface area (Å²) in [6, 6.07) is 0.0469. The Balaban J connectivity index is 1.98. The number of amides is 2. The summed E-state index contributed by atoms with van der Waals surface area (Å²) < 4.78 is 0. The molecule has 62 valence electrons. The third-order valence-electron chi connectivity index (χ3n) is 2.32. The van der Waals surface area contributed by atoms with Gasteiger partial charge in [0, 0.05) is 0 Å². The Hall–Kier alpha value is -0.770. The van der Waals surface area contributed by atoms with Gasteiger partial charge in [0.2, 0.25) is 0 Å². The van der Waals surface area contributed by atoms with Crippen LogP contribution in [0.5, 0.6) is 0 Å². The van der Waals surface area contributed by atoms with Gasteiger partial charge in [-0.05, 0) is 12.8 Å². The Kier molecular flexibility index (Phi) is 1.69. The van der Waals surface area contributed by atoms with E-state index in [9.17, 15) is 4.79 Å². The molecule has 0 aromatic carbocycles. The average molecular weight is 156 g/mol.